The lowest BCUT2D eigenvalue weighted by Gasteiger charge is -2.15. The molecule has 1 rings (SSSR count). The zero-order valence-corrected chi connectivity index (χ0v) is 10.7. The molecule has 0 saturated heterocycles. The Labute approximate surface area is 98.2 Å². The number of hydrogen-bond donors (Lipinski definition) is 1. The van der Waals surface area contributed by atoms with Gasteiger partial charge in [0.25, 0.3) is 0 Å². The lowest BCUT2D eigenvalue weighted by Crippen LogP contribution is -2.26. The second-order valence-electron chi connectivity index (χ2n) is 4.62. The van der Waals surface area contributed by atoms with E-state index in [2.05, 4.69) is 31.1 Å². The summed E-state index contributed by atoms with van der Waals surface area (Å²) >= 11 is 0. The molecule has 1 aromatic heterocycles. The maximum Gasteiger partial charge on any atom is 0.213 e. The molecule has 1 heterocycles. The fourth-order valence-electron chi connectivity index (χ4n) is 1.75. The van der Waals surface area contributed by atoms with Gasteiger partial charge in [0.2, 0.25) is 5.88 Å². The monoisotopic (exact) mass is 222 g/mol. The summed E-state index contributed by atoms with van der Waals surface area (Å²) in [7, 11) is 1.64. The number of aromatic nitrogens is 1. The largest absolute Gasteiger partial charge is 0.481 e. The molecule has 3 nitrogen and oxygen atoms in total. The molecule has 0 spiro atoms. The molecule has 0 aliphatic rings. The summed E-state index contributed by atoms with van der Waals surface area (Å²) in [4.78, 5) is 4.08. The highest BCUT2D eigenvalue weighted by atomic mass is 16.5. The second kappa shape index (κ2) is 6.48. The first-order chi connectivity index (χ1) is 7.61. The fraction of sp³-hybridized carbons (Fsp3) is 0.615. The van der Waals surface area contributed by atoms with E-state index in [0.717, 1.165) is 12.5 Å². The average Bonchev–Trinajstić information content (AvgIpc) is 2.26. The van der Waals surface area contributed by atoms with Gasteiger partial charge in [-0.15, -0.1) is 0 Å². The fourth-order valence-corrected chi connectivity index (χ4v) is 1.75. The standard InChI is InChI=1S/C13H22N2O/c1-10(2)7-11(3)15-9-12-5-6-14-13(8-12)16-4/h5-6,8,10-11,15H,7,9H2,1-4H3. The quantitative estimate of drug-likeness (QED) is 0.803. The molecule has 1 atom stereocenters. The molecular formula is C13H22N2O. The first kappa shape index (κ1) is 13.0. The molecule has 3 heteroatoms. The Morgan fingerprint density at radius 1 is 1.38 bits per heavy atom. The van der Waals surface area contributed by atoms with Crippen molar-refractivity contribution in [2.24, 2.45) is 5.92 Å². The van der Waals surface area contributed by atoms with Crippen LogP contribution in [-0.4, -0.2) is 18.1 Å². The molecule has 0 aromatic carbocycles. The number of rotatable bonds is 6. The van der Waals surface area contributed by atoms with Crippen LogP contribution in [0.4, 0.5) is 0 Å². The molecule has 0 bridgehead atoms. The Morgan fingerprint density at radius 2 is 2.12 bits per heavy atom. The summed E-state index contributed by atoms with van der Waals surface area (Å²) in [6.07, 6.45) is 2.98. The third-order valence-corrected chi connectivity index (χ3v) is 2.49. The minimum atomic E-state index is 0.541. The molecule has 0 aliphatic heterocycles. The Kier molecular flexibility index (Phi) is 5.26. The maximum absolute atomic E-state index is 5.09. The molecule has 90 valence electrons. The average molecular weight is 222 g/mol. The number of nitrogens with one attached hydrogen (secondary N) is 1. The van der Waals surface area contributed by atoms with Crippen LogP contribution in [0.5, 0.6) is 5.88 Å². The van der Waals surface area contributed by atoms with Crippen molar-refractivity contribution in [1.82, 2.24) is 10.3 Å². The Bertz CT molecular complexity index is 313. The number of ether oxygens (including phenoxy) is 1. The third-order valence-electron chi connectivity index (χ3n) is 2.49. The highest BCUT2D eigenvalue weighted by molar-refractivity contribution is 5.20. The van der Waals surface area contributed by atoms with Gasteiger partial charge in [-0.05, 0) is 30.9 Å². The summed E-state index contributed by atoms with van der Waals surface area (Å²) in [5.74, 6) is 1.41. The van der Waals surface area contributed by atoms with Crippen LogP contribution < -0.4 is 10.1 Å². The molecule has 1 N–H and O–H groups in total. The minimum Gasteiger partial charge on any atom is -0.481 e. The van der Waals surface area contributed by atoms with Gasteiger partial charge < -0.3 is 10.1 Å². The number of pyridine rings is 1. The van der Waals surface area contributed by atoms with Crippen LogP contribution >= 0.6 is 0 Å². The summed E-state index contributed by atoms with van der Waals surface area (Å²) in [6, 6.07) is 4.52. The first-order valence-corrected chi connectivity index (χ1v) is 5.84. The van der Waals surface area contributed by atoms with E-state index in [1.54, 1.807) is 13.3 Å². The smallest absolute Gasteiger partial charge is 0.213 e. The van der Waals surface area contributed by atoms with Crippen LogP contribution in [0, 0.1) is 5.92 Å². The minimum absolute atomic E-state index is 0.541. The Morgan fingerprint density at radius 3 is 2.75 bits per heavy atom. The van der Waals surface area contributed by atoms with E-state index in [1.807, 2.05) is 12.1 Å². The molecular weight excluding hydrogens is 200 g/mol. The van der Waals surface area contributed by atoms with Gasteiger partial charge in [0, 0.05) is 24.8 Å². The van der Waals surface area contributed by atoms with Crippen LogP contribution in [0.3, 0.4) is 0 Å². The summed E-state index contributed by atoms with van der Waals surface area (Å²) in [5, 5.41) is 3.50. The van der Waals surface area contributed by atoms with Crippen molar-refractivity contribution >= 4 is 0 Å². The van der Waals surface area contributed by atoms with E-state index in [4.69, 9.17) is 4.74 Å². The normalized spacial score (nSPS) is 12.8. The summed E-state index contributed by atoms with van der Waals surface area (Å²) in [6.45, 7) is 7.58. The van der Waals surface area contributed by atoms with Crippen LogP contribution in [0.25, 0.3) is 0 Å². The van der Waals surface area contributed by atoms with Gasteiger partial charge >= 0.3 is 0 Å². The van der Waals surface area contributed by atoms with Crippen molar-refractivity contribution in [1.29, 1.82) is 0 Å². The number of hydrogen-bond acceptors (Lipinski definition) is 3. The molecule has 0 fully saturated rings. The van der Waals surface area contributed by atoms with Crippen molar-refractivity contribution < 1.29 is 4.74 Å². The van der Waals surface area contributed by atoms with Gasteiger partial charge in [0.1, 0.15) is 0 Å². The Balaban J connectivity index is 2.41. The van der Waals surface area contributed by atoms with E-state index < -0.39 is 0 Å². The lowest BCUT2D eigenvalue weighted by atomic mass is 10.1. The predicted molar refractivity (Wildman–Crippen MR) is 66.5 cm³/mol. The highest BCUT2D eigenvalue weighted by Gasteiger charge is 2.04. The van der Waals surface area contributed by atoms with Gasteiger partial charge in [0.05, 0.1) is 7.11 Å². The van der Waals surface area contributed by atoms with Crippen molar-refractivity contribution in [3.05, 3.63) is 23.9 Å². The topological polar surface area (TPSA) is 34.1 Å². The van der Waals surface area contributed by atoms with Gasteiger partial charge in [-0.1, -0.05) is 13.8 Å². The van der Waals surface area contributed by atoms with E-state index in [-0.39, 0.29) is 0 Å². The van der Waals surface area contributed by atoms with Gasteiger partial charge in [0.15, 0.2) is 0 Å². The third kappa shape index (κ3) is 4.62. The van der Waals surface area contributed by atoms with Crippen molar-refractivity contribution in [2.75, 3.05) is 7.11 Å². The molecule has 16 heavy (non-hydrogen) atoms. The van der Waals surface area contributed by atoms with Crippen LogP contribution in [0.1, 0.15) is 32.8 Å². The molecule has 0 aliphatic carbocycles. The van der Waals surface area contributed by atoms with Gasteiger partial charge in [-0.3, -0.25) is 0 Å². The van der Waals surface area contributed by atoms with Crippen LogP contribution in [0.15, 0.2) is 18.3 Å². The maximum atomic E-state index is 5.09. The van der Waals surface area contributed by atoms with Gasteiger partial charge in [-0.2, -0.15) is 0 Å². The Hall–Kier alpha value is -1.09. The van der Waals surface area contributed by atoms with Crippen LogP contribution in [0.2, 0.25) is 0 Å². The lowest BCUT2D eigenvalue weighted by molar-refractivity contribution is 0.396. The summed E-state index contributed by atoms with van der Waals surface area (Å²) in [5.41, 5.74) is 1.21. The van der Waals surface area contributed by atoms with Crippen molar-refractivity contribution in [3.8, 4) is 5.88 Å². The molecule has 0 radical (unpaired) electrons. The highest BCUT2D eigenvalue weighted by Crippen LogP contribution is 2.09. The molecule has 1 unspecified atom stereocenters. The van der Waals surface area contributed by atoms with Gasteiger partial charge in [-0.25, -0.2) is 4.98 Å². The van der Waals surface area contributed by atoms with Crippen LogP contribution in [-0.2, 0) is 6.54 Å². The first-order valence-electron chi connectivity index (χ1n) is 5.84. The summed E-state index contributed by atoms with van der Waals surface area (Å²) < 4.78 is 5.09. The SMILES string of the molecule is COc1cc(CNC(C)CC(C)C)ccn1. The molecule has 0 saturated carbocycles. The van der Waals surface area contributed by atoms with E-state index in [9.17, 15) is 0 Å². The van der Waals surface area contributed by atoms with E-state index in [0.29, 0.717) is 11.9 Å². The molecule has 0 amide bonds. The second-order valence-corrected chi connectivity index (χ2v) is 4.62. The zero-order valence-electron chi connectivity index (χ0n) is 10.7. The number of methoxy groups -OCH3 is 1. The van der Waals surface area contributed by atoms with E-state index in [1.165, 1.54) is 12.0 Å². The zero-order chi connectivity index (χ0) is 12.0. The van der Waals surface area contributed by atoms with Crippen molar-refractivity contribution in [2.45, 2.75) is 39.8 Å². The predicted octanol–water partition coefficient (Wildman–Crippen LogP) is 2.61. The van der Waals surface area contributed by atoms with Crippen molar-refractivity contribution in [3.63, 3.8) is 0 Å². The van der Waals surface area contributed by atoms with E-state index >= 15 is 0 Å². The molecule has 1 aromatic rings. The number of nitrogens with zero attached hydrogens (tertiary/aromatic N) is 1.